The third-order valence-corrected chi connectivity index (χ3v) is 2.69. The van der Waals surface area contributed by atoms with E-state index in [2.05, 4.69) is 0 Å². The average molecular weight is 265 g/mol. The highest BCUT2D eigenvalue weighted by Crippen LogP contribution is 2.19. The van der Waals surface area contributed by atoms with Crippen molar-refractivity contribution in [1.82, 2.24) is 0 Å². The van der Waals surface area contributed by atoms with Gasteiger partial charge >= 0.3 is 0 Å². The summed E-state index contributed by atoms with van der Waals surface area (Å²) in [6.07, 6.45) is 0.570. The van der Waals surface area contributed by atoms with Gasteiger partial charge in [-0.2, -0.15) is 0 Å². The van der Waals surface area contributed by atoms with E-state index in [0.29, 0.717) is 6.42 Å². The number of carbonyl (C=O) groups excluding carboxylic acids is 1. The molecule has 0 fully saturated rings. The Morgan fingerprint density at radius 1 is 1.21 bits per heavy atom. The Kier molecular flexibility index (Phi) is 7.38. The van der Waals surface area contributed by atoms with Crippen LogP contribution in [0, 0.1) is 5.41 Å². The van der Waals surface area contributed by atoms with Crippen molar-refractivity contribution in [3.05, 3.63) is 29.8 Å². The number of Topliss-reactive ketones (excluding diaryl/α,β-unsaturated/α-hetero) is 1. The van der Waals surface area contributed by atoms with Gasteiger partial charge in [-0.15, -0.1) is 0 Å². The summed E-state index contributed by atoms with van der Waals surface area (Å²) in [7, 11) is 1.63. The summed E-state index contributed by atoms with van der Waals surface area (Å²) in [5.74, 6) is 0.901. The largest absolute Gasteiger partial charge is 0.497 e. The van der Waals surface area contributed by atoms with Crippen molar-refractivity contribution in [3.63, 3.8) is 0 Å². The van der Waals surface area contributed by atoms with Gasteiger partial charge in [0.1, 0.15) is 5.75 Å². The smallest absolute Gasteiger partial charge is 0.155 e. The van der Waals surface area contributed by atoms with E-state index in [-0.39, 0.29) is 11.2 Å². The van der Waals surface area contributed by atoms with Crippen LogP contribution < -0.4 is 10.5 Å². The second-order valence-electron chi connectivity index (χ2n) is 5.27. The van der Waals surface area contributed by atoms with Crippen LogP contribution in [0.4, 0.5) is 0 Å². The van der Waals surface area contributed by atoms with Crippen molar-refractivity contribution in [2.45, 2.75) is 47.1 Å². The molecule has 0 aliphatic rings. The van der Waals surface area contributed by atoms with Crippen LogP contribution >= 0.6 is 0 Å². The minimum absolute atomic E-state index is 0.0910. The normalized spacial score (nSPS) is 12.2. The van der Waals surface area contributed by atoms with Crippen LogP contribution in [-0.4, -0.2) is 18.9 Å². The molecule has 1 aromatic carbocycles. The van der Waals surface area contributed by atoms with Crippen LogP contribution in [-0.2, 0) is 11.2 Å². The van der Waals surface area contributed by atoms with Crippen LogP contribution in [0.25, 0.3) is 0 Å². The number of ketones is 1. The highest BCUT2D eigenvalue weighted by molar-refractivity contribution is 5.88. The second-order valence-corrected chi connectivity index (χ2v) is 5.27. The first-order chi connectivity index (χ1) is 8.84. The summed E-state index contributed by atoms with van der Waals surface area (Å²) >= 11 is 0. The number of carbonyl (C=O) groups is 1. The molecule has 1 aromatic rings. The molecule has 1 rings (SSSR count). The molecule has 19 heavy (non-hydrogen) atoms. The number of ether oxygens (including phenoxy) is 1. The molecule has 0 aliphatic heterocycles. The molecular formula is C16H27NO2. The van der Waals surface area contributed by atoms with E-state index in [0.717, 1.165) is 11.3 Å². The van der Waals surface area contributed by atoms with Crippen LogP contribution in [0.2, 0.25) is 0 Å². The molecule has 3 nitrogen and oxygen atoms in total. The van der Waals surface area contributed by atoms with Gasteiger partial charge in [0.05, 0.1) is 13.2 Å². The fourth-order valence-electron chi connectivity index (χ4n) is 1.66. The Hall–Kier alpha value is -1.35. The first-order valence-electron chi connectivity index (χ1n) is 6.77. The quantitative estimate of drug-likeness (QED) is 0.909. The highest BCUT2D eigenvalue weighted by atomic mass is 16.5. The van der Waals surface area contributed by atoms with Gasteiger partial charge in [0, 0.05) is 5.41 Å². The van der Waals surface area contributed by atoms with E-state index >= 15 is 0 Å². The Morgan fingerprint density at radius 3 is 2.05 bits per heavy atom. The van der Waals surface area contributed by atoms with Crippen LogP contribution in [0.15, 0.2) is 24.3 Å². The zero-order valence-electron chi connectivity index (χ0n) is 13.0. The number of rotatable bonds is 4. The molecule has 1 atom stereocenters. The second kappa shape index (κ2) is 7.95. The monoisotopic (exact) mass is 265 g/mol. The summed E-state index contributed by atoms with van der Waals surface area (Å²) in [5.41, 5.74) is 6.59. The third-order valence-electron chi connectivity index (χ3n) is 2.69. The van der Waals surface area contributed by atoms with Crippen molar-refractivity contribution in [3.8, 4) is 5.75 Å². The molecule has 0 heterocycles. The predicted octanol–water partition coefficient (Wildman–Crippen LogP) is 3.21. The molecule has 3 heteroatoms. The fourth-order valence-corrected chi connectivity index (χ4v) is 1.66. The topological polar surface area (TPSA) is 52.3 Å². The van der Waals surface area contributed by atoms with Crippen molar-refractivity contribution >= 4 is 5.78 Å². The Balaban J connectivity index is 0.00000154. The standard InChI is InChI=1S/C14H21NO2.C2H6/c1-14(2,3)13(16)12(15)9-10-5-7-11(17-4)8-6-10;1-2/h5-8,12H,9,15H2,1-4H3;1-2H3. The maximum atomic E-state index is 11.9. The molecule has 0 aromatic heterocycles. The van der Waals surface area contributed by atoms with E-state index < -0.39 is 6.04 Å². The number of benzene rings is 1. The minimum atomic E-state index is -0.441. The lowest BCUT2D eigenvalue weighted by Crippen LogP contribution is -2.40. The minimum Gasteiger partial charge on any atom is -0.497 e. The predicted molar refractivity (Wildman–Crippen MR) is 80.5 cm³/mol. The van der Waals surface area contributed by atoms with Crippen LogP contribution in [0.5, 0.6) is 5.75 Å². The van der Waals surface area contributed by atoms with Crippen molar-refractivity contribution in [2.24, 2.45) is 11.1 Å². The molecule has 1 unspecified atom stereocenters. The average Bonchev–Trinajstić information content (AvgIpc) is 2.40. The van der Waals surface area contributed by atoms with Crippen molar-refractivity contribution in [1.29, 1.82) is 0 Å². The fraction of sp³-hybridized carbons (Fsp3) is 0.562. The Bertz CT molecular complexity index is 377. The number of nitrogens with two attached hydrogens (primary N) is 1. The molecule has 0 saturated heterocycles. The Labute approximate surface area is 117 Å². The molecule has 0 spiro atoms. The summed E-state index contributed by atoms with van der Waals surface area (Å²) in [6.45, 7) is 9.68. The maximum absolute atomic E-state index is 11.9. The van der Waals surface area contributed by atoms with E-state index in [1.807, 2.05) is 58.9 Å². The number of hydrogen-bond donors (Lipinski definition) is 1. The number of hydrogen-bond acceptors (Lipinski definition) is 3. The van der Waals surface area contributed by atoms with Crippen molar-refractivity contribution < 1.29 is 9.53 Å². The molecule has 0 aliphatic carbocycles. The summed E-state index contributed by atoms with van der Waals surface area (Å²) in [4.78, 5) is 11.9. The van der Waals surface area contributed by atoms with E-state index in [1.165, 1.54) is 0 Å². The first kappa shape index (κ1) is 17.6. The molecule has 0 bridgehead atoms. The lowest BCUT2D eigenvalue weighted by molar-refractivity contribution is -0.127. The molecular weight excluding hydrogens is 238 g/mol. The van der Waals surface area contributed by atoms with E-state index in [4.69, 9.17) is 10.5 Å². The SMILES string of the molecule is CC.COc1ccc(CC(N)C(=O)C(C)(C)C)cc1. The zero-order valence-corrected chi connectivity index (χ0v) is 13.0. The molecule has 2 N–H and O–H groups in total. The lowest BCUT2D eigenvalue weighted by Gasteiger charge is -2.21. The van der Waals surface area contributed by atoms with Gasteiger partial charge in [-0.1, -0.05) is 46.8 Å². The van der Waals surface area contributed by atoms with Gasteiger partial charge in [-0.05, 0) is 24.1 Å². The first-order valence-corrected chi connectivity index (χ1v) is 6.77. The zero-order chi connectivity index (χ0) is 15.1. The van der Waals surface area contributed by atoms with Gasteiger partial charge in [-0.25, -0.2) is 0 Å². The summed E-state index contributed by atoms with van der Waals surface area (Å²) in [6, 6.07) is 7.19. The van der Waals surface area contributed by atoms with Gasteiger partial charge in [0.2, 0.25) is 0 Å². The maximum Gasteiger partial charge on any atom is 0.155 e. The summed E-state index contributed by atoms with van der Waals surface area (Å²) < 4.78 is 5.08. The molecule has 0 amide bonds. The Morgan fingerprint density at radius 2 is 1.68 bits per heavy atom. The molecule has 0 radical (unpaired) electrons. The number of methoxy groups -OCH3 is 1. The van der Waals surface area contributed by atoms with Gasteiger partial charge < -0.3 is 10.5 Å². The van der Waals surface area contributed by atoms with E-state index in [1.54, 1.807) is 7.11 Å². The van der Waals surface area contributed by atoms with Crippen LogP contribution in [0.1, 0.15) is 40.2 Å². The van der Waals surface area contributed by atoms with Gasteiger partial charge in [-0.3, -0.25) is 4.79 Å². The van der Waals surface area contributed by atoms with Gasteiger partial charge in [0.15, 0.2) is 5.78 Å². The molecule has 0 saturated carbocycles. The van der Waals surface area contributed by atoms with Crippen LogP contribution in [0.3, 0.4) is 0 Å². The third kappa shape index (κ3) is 5.88. The van der Waals surface area contributed by atoms with Crippen molar-refractivity contribution in [2.75, 3.05) is 7.11 Å². The lowest BCUT2D eigenvalue weighted by atomic mass is 9.85. The molecule has 108 valence electrons. The van der Waals surface area contributed by atoms with E-state index in [9.17, 15) is 4.79 Å². The van der Waals surface area contributed by atoms with Gasteiger partial charge in [0.25, 0.3) is 0 Å². The highest BCUT2D eigenvalue weighted by Gasteiger charge is 2.26. The summed E-state index contributed by atoms with van der Waals surface area (Å²) in [5, 5.41) is 0.